The third-order valence-corrected chi connectivity index (χ3v) is 3.61. The van der Waals surface area contributed by atoms with Crippen LogP contribution in [0.25, 0.3) is 0 Å². The Morgan fingerprint density at radius 3 is 2.75 bits per heavy atom. The van der Waals surface area contributed by atoms with Crippen LogP contribution in [-0.2, 0) is 0 Å². The van der Waals surface area contributed by atoms with Crippen molar-refractivity contribution in [2.24, 2.45) is 11.7 Å². The Hall–Kier alpha value is -0.120. The van der Waals surface area contributed by atoms with Gasteiger partial charge in [-0.15, -0.1) is 0 Å². The normalized spacial score (nSPS) is 24.2. The van der Waals surface area contributed by atoms with Crippen LogP contribution in [-0.4, -0.2) is 56.1 Å². The van der Waals surface area contributed by atoms with Crippen LogP contribution in [0.5, 0.6) is 0 Å². The number of likely N-dealkylation sites (tertiary alicyclic amines) is 1. The maximum Gasteiger partial charge on any atom is 0.00109 e. The fraction of sp³-hybridized carbons (Fsp3) is 1.00. The summed E-state index contributed by atoms with van der Waals surface area (Å²) in [5.41, 5.74) is 5.74. The summed E-state index contributed by atoms with van der Waals surface area (Å²) in [6.45, 7) is 7.13. The second-order valence-corrected chi connectivity index (χ2v) is 5.63. The summed E-state index contributed by atoms with van der Waals surface area (Å²) in [5.74, 6) is 0.931. The summed E-state index contributed by atoms with van der Waals surface area (Å²) >= 11 is 0. The molecular formula is C13H29N3. The molecule has 0 aromatic heterocycles. The largest absolute Gasteiger partial charge is 0.328 e. The number of hydrogen-bond donors (Lipinski definition) is 1. The van der Waals surface area contributed by atoms with Gasteiger partial charge in [-0.05, 0) is 72.3 Å². The summed E-state index contributed by atoms with van der Waals surface area (Å²) in [6, 6.07) is 0.358. The summed E-state index contributed by atoms with van der Waals surface area (Å²) in [4.78, 5) is 4.90. The first-order valence-electron chi connectivity index (χ1n) is 6.70. The molecule has 0 saturated carbocycles. The van der Waals surface area contributed by atoms with Gasteiger partial charge >= 0.3 is 0 Å². The van der Waals surface area contributed by atoms with Crippen molar-refractivity contribution < 1.29 is 0 Å². The van der Waals surface area contributed by atoms with Crippen molar-refractivity contribution in [3.05, 3.63) is 0 Å². The molecule has 1 heterocycles. The second-order valence-electron chi connectivity index (χ2n) is 5.63. The number of hydrogen-bond acceptors (Lipinski definition) is 3. The molecule has 0 aromatic carbocycles. The first-order chi connectivity index (χ1) is 7.58. The van der Waals surface area contributed by atoms with Gasteiger partial charge in [0.1, 0.15) is 0 Å². The Bertz CT molecular complexity index is 182. The van der Waals surface area contributed by atoms with Crippen molar-refractivity contribution in [2.45, 2.75) is 38.6 Å². The van der Waals surface area contributed by atoms with E-state index in [1.54, 1.807) is 0 Å². The molecular weight excluding hydrogens is 198 g/mol. The minimum Gasteiger partial charge on any atom is -0.328 e. The minimum absolute atomic E-state index is 0.358. The monoisotopic (exact) mass is 227 g/mol. The summed E-state index contributed by atoms with van der Waals surface area (Å²) < 4.78 is 0. The van der Waals surface area contributed by atoms with E-state index in [0.29, 0.717) is 6.04 Å². The van der Waals surface area contributed by atoms with Gasteiger partial charge in [0.2, 0.25) is 0 Å². The smallest absolute Gasteiger partial charge is 0.00109 e. The van der Waals surface area contributed by atoms with Gasteiger partial charge < -0.3 is 15.5 Å². The Labute approximate surface area is 101 Å². The molecule has 0 spiro atoms. The average molecular weight is 227 g/mol. The second kappa shape index (κ2) is 7.25. The van der Waals surface area contributed by atoms with Crippen LogP contribution < -0.4 is 5.73 Å². The predicted octanol–water partition coefficient (Wildman–Crippen LogP) is 1.39. The first kappa shape index (κ1) is 13.9. The molecule has 1 fully saturated rings. The van der Waals surface area contributed by atoms with Gasteiger partial charge in [0.05, 0.1) is 0 Å². The molecule has 16 heavy (non-hydrogen) atoms. The van der Waals surface area contributed by atoms with Crippen molar-refractivity contribution in [2.75, 3.05) is 40.3 Å². The molecule has 2 unspecified atom stereocenters. The van der Waals surface area contributed by atoms with Crippen molar-refractivity contribution in [1.82, 2.24) is 9.80 Å². The van der Waals surface area contributed by atoms with Gasteiger partial charge in [0, 0.05) is 12.6 Å². The van der Waals surface area contributed by atoms with Crippen LogP contribution in [0.15, 0.2) is 0 Å². The topological polar surface area (TPSA) is 32.5 Å². The zero-order valence-electron chi connectivity index (χ0n) is 11.3. The molecule has 2 N–H and O–H groups in total. The van der Waals surface area contributed by atoms with Crippen molar-refractivity contribution >= 4 is 0 Å². The highest BCUT2D eigenvalue weighted by molar-refractivity contribution is 4.73. The molecule has 1 saturated heterocycles. The van der Waals surface area contributed by atoms with Crippen molar-refractivity contribution in [3.8, 4) is 0 Å². The Kier molecular flexibility index (Phi) is 6.32. The zero-order chi connectivity index (χ0) is 12.0. The quantitative estimate of drug-likeness (QED) is 0.713. The molecule has 3 heteroatoms. The highest BCUT2D eigenvalue weighted by atomic mass is 15.1. The number of nitrogens with two attached hydrogens (primary N) is 1. The molecule has 2 atom stereocenters. The van der Waals surface area contributed by atoms with Gasteiger partial charge in [-0.1, -0.05) is 0 Å². The van der Waals surface area contributed by atoms with Gasteiger partial charge in [-0.3, -0.25) is 0 Å². The molecule has 0 aliphatic carbocycles. The molecule has 1 aliphatic rings. The van der Waals surface area contributed by atoms with Gasteiger partial charge in [-0.2, -0.15) is 0 Å². The van der Waals surface area contributed by atoms with E-state index in [4.69, 9.17) is 5.73 Å². The van der Waals surface area contributed by atoms with Gasteiger partial charge in [0.15, 0.2) is 0 Å². The van der Waals surface area contributed by atoms with E-state index in [-0.39, 0.29) is 0 Å². The van der Waals surface area contributed by atoms with E-state index >= 15 is 0 Å². The van der Waals surface area contributed by atoms with Crippen LogP contribution in [0.4, 0.5) is 0 Å². The lowest BCUT2D eigenvalue weighted by atomic mass is 10.0. The van der Waals surface area contributed by atoms with Crippen LogP contribution in [0.1, 0.15) is 32.6 Å². The van der Waals surface area contributed by atoms with Crippen LogP contribution >= 0.6 is 0 Å². The molecule has 1 rings (SSSR count). The predicted molar refractivity (Wildman–Crippen MR) is 70.6 cm³/mol. The molecule has 1 aliphatic heterocycles. The van der Waals surface area contributed by atoms with Gasteiger partial charge in [-0.25, -0.2) is 0 Å². The summed E-state index contributed by atoms with van der Waals surface area (Å²) in [6.07, 6.45) is 5.14. The third kappa shape index (κ3) is 5.83. The number of nitrogens with zero attached hydrogens (tertiary/aromatic N) is 2. The van der Waals surface area contributed by atoms with Crippen LogP contribution in [0, 0.1) is 5.92 Å². The van der Waals surface area contributed by atoms with E-state index in [2.05, 4.69) is 30.8 Å². The number of rotatable bonds is 7. The van der Waals surface area contributed by atoms with E-state index in [0.717, 1.165) is 12.3 Å². The molecule has 96 valence electrons. The maximum atomic E-state index is 5.74. The highest BCUT2D eigenvalue weighted by Crippen LogP contribution is 2.17. The Balaban J connectivity index is 1.99. The lowest BCUT2D eigenvalue weighted by Gasteiger charge is -2.19. The van der Waals surface area contributed by atoms with E-state index in [1.807, 2.05) is 0 Å². The van der Waals surface area contributed by atoms with Crippen molar-refractivity contribution in [3.63, 3.8) is 0 Å². The molecule has 0 amide bonds. The SMILES string of the molecule is CC(N)CCCN(C)CCC1CCN(C)C1. The minimum atomic E-state index is 0.358. The standard InChI is InChI=1S/C13H29N3/c1-12(14)5-4-8-15(2)9-6-13-7-10-16(3)11-13/h12-13H,4-11,14H2,1-3H3. The van der Waals surface area contributed by atoms with E-state index in [1.165, 1.54) is 45.4 Å². The molecule has 0 aromatic rings. The Morgan fingerprint density at radius 2 is 2.19 bits per heavy atom. The third-order valence-electron chi connectivity index (χ3n) is 3.61. The van der Waals surface area contributed by atoms with Crippen molar-refractivity contribution in [1.29, 1.82) is 0 Å². The van der Waals surface area contributed by atoms with Gasteiger partial charge in [0.25, 0.3) is 0 Å². The molecule has 3 nitrogen and oxygen atoms in total. The Morgan fingerprint density at radius 1 is 1.44 bits per heavy atom. The first-order valence-corrected chi connectivity index (χ1v) is 6.70. The van der Waals surface area contributed by atoms with Crippen LogP contribution in [0.3, 0.4) is 0 Å². The van der Waals surface area contributed by atoms with Crippen LogP contribution in [0.2, 0.25) is 0 Å². The fourth-order valence-corrected chi connectivity index (χ4v) is 2.46. The molecule has 0 bridgehead atoms. The molecule has 0 radical (unpaired) electrons. The van der Waals surface area contributed by atoms with E-state index < -0.39 is 0 Å². The lowest BCUT2D eigenvalue weighted by molar-refractivity contribution is 0.289. The summed E-state index contributed by atoms with van der Waals surface area (Å²) in [5, 5.41) is 0. The zero-order valence-corrected chi connectivity index (χ0v) is 11.3. The maximum absolute atomic E-state index is 5.74. The highest BCUT2D eigenvalue weighted by Gasteiger charge is 2.19. The average Bonchev–Trinajstić information content (AvgIpc) is 2.61. The van der Waals surface area contributed by atoms with E-state index in [9.17, 15) is 0 Å². The lowest BCUT2D eigenvalue weighted by Crippen LogP contribution is -2.25. The summed E-state index contributed by atoms with van der Waals surface area (Å²) in [7, 11) is 4.46. The fourth-order valence-electron chi connectivity index (χ4n) is 2.46.